The topological polar surface area (TPSA) is 45.8 Å². The van der Waals surface area contributed by atoms with Gasteiger partial charge >= 0.3 is 0 Å². The summed E-state index contributed by atoms with van der Waals surface area (Å²) >= 11 is 9.68. The minimum Gasteiger partial charge on any atom is -0.295 e. The van der Waals surface area contributed by atoms with Crippen LogP contribution in [-0.4, -0.2) is 16.0 Å². The first-order valence-electron chi connectivity index (χ1n) is 4.63. The zero-order valence-corrected chi connectivity index (χ0v) is 13.6. The minimum atomic E-state index is 0.121. The molecule has 0 aliphatic carbocycles. The number of benzene rings is 1. The van der Waals surface area contributed by atoms with Crippen LogP contribution in [0.3, 0.4) is 0 Å². The lowest BCUT2D eigenvalue weighted by molar-refractivity contribution is 0.101. The Morgan fingerprint density at radius 3 is 2.00 bits per heavy atom. The van der Waals surface area contributed by atoms with Crippen LogP contribution in [0.4, 0.5) is 0 Å². The summed E-state index contributed by atoms with van der Waals surface area (Å²) in [6.45, 7) is 1.56. The molecule has 1 heterocycles. The molecule has 0 aliphatic rings. The van der Waals surface area contributed by atoms with E-state index in [0.717, 1.165) is 19.2 Å². The van der Waals surface area contributed by atoms with Crippen molar-refractivity contribution in [3.05, 3.63) is 49.6 Å². The lowest BCUT2D eigenvalue weighted by Crippen LogP contribution is -1.88. The van der Waals surface area contributed by atoms with E-state index in [1.165, 1.54) is 0 Å². The molecule has 2 aromatic rings. The summed E-state index contributed by atoms with van der Waals surface area (Å²) in [5.41, 5.74) is 0.775. The molecule has 0 atom stereocenters. The summed E-state index contributed by atoms with van der Waals surface area (Å²) in [6, 6.07) is 9.23. The summed E-state index contributed by atoms with van der Waals surface area (Å²) in [6.07, 6.45) is 0. The Balaban J connectivity index is 0.000000171. The molecule has 17 heavy (non-hydrogen) atoms. The van der Waals surface area contributed by atoms with Crippen LogP contribution in [0.25, 0.3) is 0 Å². The van der Waals surface area contributed by atoms with Crippen LogP contribution >= 0.6 is 47.8 Å². The number of rotatable bonds is 1. The highest BCUT2D eigenvalue weighted by Gasteiger charge is 2.02. The largest absolute Gasteiger partial charge is 0.295 e. The number of aromatic nitrogens is 2. The van der Waals surface area contributed by atoms with Crippen molar-refractivity contribution in [2.24, 2.45) is 0 Å². The van der Waals surface area contributed by atoms with Gasteiger partial charge in [0.1, 0.15) is 9.21 Å². The van der Waals surface area contributed by atoms with E-state index >= 15 is 0 Å². The van der Waals surface area contributed by atoms with Crippen molar-refractivity contribution in [1.29, 1.82) is 0 Å². The quantitative estimate of drug-likeness (QED) is 0.681. The second-order valence-electron chi connectivity index (χ2n) is 3.06. The Morgan fingerprint density at radius 1 is 1.18 bits per heavy atom. The lowest BCUT2D eigenvalue weighted by atomic mass is 10.2. The average Bonchev–Trinajstić information content (AvgIpc) is 2.62. The number of Topliss-reactive ketones (excluding diaryl/α,β-unsaturated/α-hetero) is 1. The lowest BCUT2D eigenvalue weighted by Gasteiger charge is -1.89. The molecule has 0 radical (unpaired) electrons. The van der Waals surface area contributed by atoms with Crippen molar-refractivity contribution < 1.29 is 4.79 Å². The fraction of sp³-hybridized carbons (Fsp3) is 0.0909. The minimum absolute atomic E-state index is 0.121. The van der Waals surface area contributed by atoms with Crippen LogP contribution in [-0.2, 0) is 0 Å². The molecule has 0 saturated heterocycles. The van der Waals surface area contributed by atoms with Gasteiger partial charge in [-0.3, -0.25) is 9.89 Å². The molecule has 1 aromatic heterocycles. The number of nitrogens with zero attached hydrogens (tertiary/aromatic N) is 1. The average molecular weight is 425 g/mol. The second kappa shape index (κ2) is 7.08. The Labute approximate surface area is 124 Å². The van der Waals surface area contributed by atoms with Gasteiger partial charge < -0.3 is 0 Å². The molecule has 0 spiro atoms. The molecule has 3 nitrogen and oxygen atoms in total. The highest BCUT2D eigenvalue weighted by molar-refractivity contribution is 9.14. The van der Waals surface area contributed by atoms with Crippen LogP contribution in [0.1, 0.15) is 17.3 Å². The Bertz CT molecular complexity index is 477. The van der Waals surface area contributed by atoms with Gasteiger partial charge in [0.25, 0.3) is 0 Å². The maximum absolute atomic E-state index is 10.6. The normalized spacial score (nSPS) is 9.41. The molecule has 1 N–H and O–H groups in total. The highest BCUT2D eigenvalue weighted by Crippen LogP contribution is 2.27. The third-order valence-electron chi connectivity index (χ3n) is 1.81. The summed E-state index contributed by atoms with van der Waals surface area (Å²) in [4.78, 5) is 10.6. The Morgan fingerprint density at radius 2 is 1.76 bits per heavy atom. The SMILES string of the molecule is Brc1n[nH]c(Br)c1Br.CC(=O)c1ccccc1. The summed E-state index contributed by atoms with van der Waals surface area (Å²) in [5, 5.41) is 6.52. The van der Waals surface area contributed by atoms with Crippen LogP contribution in [0, 0.1) is 0 Å². The number of aromatic amines is 1. The van der Waals surface area contributed by atoms with Crippen molar-refractivity contribution in [2.45, 2.75) is 6.92 Å². The Kier molecular flexibility index (Phi) is 6.08. The van der Waals surface area contributed by atoms with Gasteiger partial charge in [-0.05, 0) is 54.7 Å². The molecule has 0 unspecified atom stereocenters. The van der Waals surface area contributed by atoms with Gasteiger partial charge in [-0.15, -0.1) is 0 Å². The van der Waals surface area contributed by atoms with Crippen molar-refractivity contribution in [3.63, 3.8) is 0 Å². The molecule has 0 bridgehead atoms. The van der Waals surface area contributed by atoms with E-state index in [-0.39, 0.29) is 5.78 Å². The smallest absolute Gasteiger partial charge is 0.159 e. The van der Waals surface area contributed by atoms with E-state index in [4.69, 9.17) is 0 Å². The molecule has 0 fully saturated rings. The number of hydrogen-bond donors (Lipinski definition) is 1. The van der Waals surface area contributed by atoms with Gasteiger partial charge in [-0.2, -0.15) is 5.10 Å². The van der Waals surface area contributed by atoms with E-state index in [0.29, 0.717) is 0 Å². The summed E-state index contributed by atoms with van der Waals surface area (Å²) in [7, 11) is 0. The van der Waals surface area contributed by atoms with Crippen molar-refractivity contribution >= 4 is 53.6 Å². The zero-order valence-electron chi connectivity index (χ0n) is 8.88. The first kappa shape index (κ1) is 14.6. The molecule has 0 saturated carbocycles. The van der Waals surface area contributed by atoms with Crippen LogP contribution in [0.15, 0.2) is 44.0 Å². The van der Waals surface area contributed by atoms with Gasteiger partial charge in [0, 0.05) is 5.56 Å². The number of nitrogens with one attached hydrogen (secondary N) is 1. The van der Waals surface area contributed by atoms with Crippen molar-refractivity contribution in [3.8, 4) is 0 Å². The van der Waals surface area contributed by atoms with Gasteiger partial charge in [0.15, 0.2) is 5.78 Å². The van der Waals surface area contributed by atoms with E-state index in [9.17, 15) is 4.79 Å². The molecule has 1 aromatic carbocycles. The van der Waals surface area contributed by atoms with Crippen molar-refractivity contribution in [2.75, 3.05) is 0 Å². The van der Waals surface area contributed by atoms with Gasteiger partial charge in [0.05, 0.1) is 4.47 Å². The van der Waals surface area contributed by atoms with Crippen LogP contribution in [0.5, 0.6) is 0 Å². The highest BCUT2D eigenvalue weighted by atomic mass is 79.9. The summed E-state index contributed by atoms with van der Waals surface area (Å²) < 4.78 is 2.55. The van der Waals surface area contributed by atoms with E-state index < -0.39 is 0 Å². The molecule has 2 rings (SSSR count). The van der Waals surface area contributed by atoms with E-state index in [2.05, 4.69) is 58.0 Å². The van der Waals surface area contributed by atoms with Crippen LogP contribution in [0.2, 0.25) is 0 Å². The number of carbonyl (C=O) groups excluding carboxylic acids is 1. The van der Waals surface area contributed by atoms with E-state index in [1.54, 1.807) is 6.92 Å². The Hall–Kier alpha value is -0.460. The number of carbonyl (C=O) groups is 1. The first-order chi connectivity index (χ1) is 8.02. The monoisotopic (exact) mass is 422 g/mol. The molecule has 0 aliphatic heterocycles. The molecule has 6 heteroatoms. The molecule has 0 amide bonds. The maximum Gasteiger partial charge on any atom is 0.159 e. The fourth-order valence-electron chi connectivity index (χ4n) is 0.960. The number of halogens is 3. The number of ketones is 1. The van der Waals surface area contributed by atoms with Crippen molar-refractivity contribution in [1.82, 2.24) is 10.2 Å². The van der Waals surface area contributed by atoms with Crippen LogP contribution < -0.4 is 0 Å². The zero-order chi connectivity index (χ0) is 12.8. The second-order valence-corrected chi connectivity index (χ2v) is 5.40. The van der Waals surface area contributed by atoms with E-state index in [1.807, 2.05) is 30.3 Å². The third-order valence-corrected chi connectivity index (χ3v) is 4.79. The summed E-state index contributed by atoms with van der Waals surface area (Å²) in [5.74, 6) is 0.121. The molecular formula is C11H9Br3N2O. The first-order valence-corrected chi connectivity index (χ1v) is 7.01. The fourth-order valence-corrected chi connectivity index (χ4v) is 1.97. The predicted molar refractivity (Wildman–Crippen MR) is 78.1 cm³/mol. The van der Waals surface area contributed by atoms with Gasteiger partial charge in [-0.25, -0.2) is 0 Å². The number of H-pyrrole nitrogens is 1. The van der Waals surface area contributed by atoms with Gasteiger partial charge in [-0.1, -0.05) is 30.3 Å². The molecular weight excluding hydrogens is 416 g/mol. The maximum atomic E-state index is 10.6. The standard InChI is InChI=1S/C8H8O.C3HBr3N2/c1-7(9)8-5-3-2-4-6-8;4-1-2(5)7-8-3(1)6/h2-6H,1H3;(H,7,8). The van der Waals surface area contributed by atoms with Gasteiger partial charge in [0.2, 0.25) is 0 Å². The number of hydrogen-bond acceptors (Lipinski definition) is 2. The third kappa shape index (κ3) is 4.73. The molecule has 90 valence electrons. The predicted octanol–water partition coefficient (Wildman–Crippen LogP) is 4.59.